The van der Waals surface area contributed by atoms with E-state index in [1.807, 2.05) is 37.3 Å². The number of aryl methyl sites for hydroxylation is 2. The van der Waals surface area contributed by atoms with Crippen LogP contribution in [0.3, 0.4) is 0 Å². The maximum absolute atomic E-state index is 12.2. The molecule has 114 valence electrons. The molecule has 0 fully saturated rings. The van der Waals surface area contributed by atoms with Gasteiger partial charge in [-0.1, -0.05) is 42.5 Å². The van der Waals surface area contributed by atoms with Gasteiger partial charge in [0, 0.05) is 0 Å². The second-order valence-corrected chi connectivity index (χ2v) is 5.77. The number of carbonyl (C=O) groups is 1. The van der Waals surface area contributed by atoms with E-state index in [-0.39, 0.29) is 18.6 Å². The lowest BCUT2D eigenvalue weighted by Crippen LogP contribution is -2.34. The van der Waals surface area contributed by atoms with E-state index in [1.54, 1.807) is 0 Å². The molecule has 1 aliphatic rings. The quantitative estimate of drug-likeness (QED) is 0.936. The number of ether oxygens (including phenoxy) is 1. The predicted octanol–water partition coefficient (Wildman–Crippen LogP) is 3.57. The Hall–Kier alpha value is -2.29. The van der Waals surface area contributed by atoms with Crippen LogP contribution in [0.5, 0.6) is 5.75 Å². The zero-order valence-corrected chi connectivity index (χ0v) is 12.8. The monoisotopic (exact) mass is 295 g/mol. The highest BCUT2D eigenvalue weighted by molar-refractivity contribution is 5.78. The average Bonchev–Trinajstić information content (AvgIpc) is 2.54. The van der Waals surface area contributed by atoms with E-state index in [2.05, 4.69) is 23.5 Å². The highest BCUT2D eigenvalue weighted by Gasteiger charge is 2.21. The number of hydrogen-bond acceptors (Lipinski definition) is 2. The van der Waals surface area contributed by atoms with Crippen LogP contribution in [-0.2, 0) is 11.2 Å². The molecule has 0 bridgehead atoms. The molecule has 2 aromatic rings. The molecule has 0 saturated heterocycles. The van der Waals surface area contributed by atoms with E-state index in [4.69, 9.17) is 4.74 Å². The van der Waals surface area contributed by atoms with Gasteiger partial charge in [-0.3, -0.25) is 4.79 Å². The molecular weight excluding hydrogens is 274 g/mol. The van der Waals surface area contributed by atoms with Crippen LogP contribution in [-0.4, -0.2) is 12.5 Å². The molecule has 1 aliphatic carbocycles. The first-order valence-electron chi connectivity index (χ1n) is 7.79. The first-order valence-corrected chi connectivity index (χ1v) is 7.79. The fourth-order valence-electron chi connectivity index (χ4n) is 3.00. The fourth-order valence-corrected chi connectivity index (χ4v) is 3.00. The van der Waals surface area contributed by atoms with Gasteiger partial charge in [-0.15, -0.1) is 0 Å². The van der Waals surface area contributed by atoms with Crippen LogP contribution in [0.25, 0.3) is 0 Å². The minimum Gasteiger partial charge on any atom is -0.484 e. The molecule has 1 amide bonds. The highest BCUT2D eigenvalue weighted by atomic mass is 16.5. The van der Waals surface area contributed by atoms with Crippen molar-refractivity contribution < 1.29 is 9.53 Å². The highest BCUT2D eigenvalue weighted by Crippen LogP contribution is 2.29. The molecule has 1 N–H and O–H groups in total. The number of hydrogen-bond donors (Lipinski definition) is 1. The van der Waals surface area contributed by atoms with Crippen molar-refractivity contribution in [2.24, 2.45) is 0 Å². The van der Waals surface area contributed by atoms with Gasteiger partial charge in [-0.2, -0.15) is 0 Å². The Morgan fingerprint density at radius 2 is 1.95 bits per heavy atom. The molecule has 1 atom stereocenters. The summed E-state index contributed by atoms with van der Waals surface area (Å²) >= 11 is 0. The molecule has 3 heteroatoms. The topological polar surface area (TPSA) is 38.3 Å². The lowest BCUT2D eigenvalue weighted by Gasteiger charge is -2.26. The Morgan fingerprint density at radius 3 is 2.82 bits per heavy atom. The minimum atomic E-state index is -0.0649. The summed E-state index contributed by atoms with van der Waals surface area (Å²) in [5.74, 6) is 0.701. The summed E-state index contributed by atoms with van der Waals surface area (Å²) < 4.78 is 5.62. The normalized spacial score (nSPS) is 16.7. The molecule has 3 rings (SSSR count). The summed E-state index contributed by atoms with van der Waals surface area (Å²) in [6.45, 7) is 2.04. The molecule has 0 spiro atoms. The Kier molecular flexibility index (Phi) is 4.42. The van der Waals surface area contributed by atoms with Gasteiger partial charge in [-0.05, 0) is 48.9 Å². The molecule has 0 unspecified atom stereocenters. The zero-order valence-electron chi connectivity index (χ0n) is 12.8. The average molecular weight is 295 g/mol. The maximum atomic E-state index is 12.2. The molecule has 0 saturated carbocycles. The minimum absolute atomic E-state index is 0.0590. The van der Waals surface area contributed by atoms with Crippen molar-refractivity contribution >= 4 is 5.91 Å². The van der Waals surface area contributed by atoms with E-state index < -0.39 is 0 Å². The van der Waals surface area contributed by atoms with E-state index in [1.165, 1.54) is 11.1 Å². The van der Waals surface area contributed by atoms with E-state index in [0.29, 0.717) is 0 Å². The van der Waals surface area contributed by atoms with E-state index in [0.717, 1.165) is 30.6 Å². The van der Waals surface area contributed by atoms with Gasteiger partial charge in [0.2, 0.25) is 0 Å². The number of amides is 1. The Morgan fingerprint density at radius 1 is 1.18 bits per heavy atom. The Labute approximate surface area is 131 Å². The van der Waals surface area contributed by atoms with Crippen molar-refractivity contribution in [2.45, 2.75) is 32.2 Å². The van der Waals surface area contributed by atoms with E-state index >= 15 is 0 Å². The molecular formula is C19H21NO2. The van der Waals surface area contributed by atoms with Crippen LogP contribution in [0.2, 0.25) is 0 Å². The number of nitrogens with one attached hydrogen (secondary N) is 1. The van der Waals surface area contributed by atoms with Gasteiger partial charge >= 0.3 is 0 Å². The van der Waals surface area contributed by atoms with Crippen LogP contribution in [0.4, 0.5) is 0 Å². The van der Waals surface area contributed by atoms with Gasteiger partial charge in [0.25, 0.3) is 5.91 Å². The van der Waals surface area contributed by atoms with Gasteiger partial charge < -0.3 is 10.1 Å². The number of carbonyl (C=O) groups excluding carboxylic acids is 1. The molecule has 0 aliphatic heterocycles. The predicted molar refractivity (Wildman–Crippen MR) is 86.9 cm³/mol. The van der Waals surface area contributed by atoms with Crippen molar-refractivity contribution in [2.75, 3.05) is 6.61 Å². The fraction of sp³-hybridized carbons (Fsp3) is 0.316. The number of fused-ring (bicyclic) bond motifs is 1. The second kappa shape index (κ2) is 6.65. The van der Waals surface area contributed by atoms with Gasteiger partial charge in [0.05, 0.1) is 6.04 Å². The lowest BCUT2D eigenvalue weighted by atomic mass is 9.88. The van der Waals surface area contributed by atoms with Crippen LogP contribution >= 0.6 is 0 Å². The SMILES string of the molecule is Cc1ccccc1OCC(=O)N[C@@H]1CCCc2ccccc21. The van der Waals surface area contributed by atoms with Gasteiger partial charge in [-0.25, -0.2) is 0 Å². The van der Waals surface area contributed by atoms with Crippen LogP contribution in [0, 0.1) is 6.92 Å². The van der Waals surface area contributed by atoms with Crippen molar-refractivity contribution in [1.82, 2.24) is 5.32 Å². The van der Waals surface area contributed by atoms with Crippen molar-refractivity contribution in [3.63, 3.8) is 0 Å². The summed E-state index contributed by atoms with van der Waals surface area (Å²) in [6, 6.07) is 16.2. The molecule has 0 radical (unpaired) electrons. The summed E-state index contributed by atoms with van der Waals surface area (Å²) in [5.41, 5.74) is 3.63. The largest absolute Gasteiger partial charge is 0.484 e. The standard InChI is InChI=1S/C19H21NO2/c1-14-7-2-5-12-18(14)22-13-19(21)20-17-11-6-9-15-8-3-4-10-16(15)17/h2-5,7-8,10,12,17H,6,9,11,13H2,1H3,(H,20,21)/t17-/m1/s1. The molecule has 22 heavy (non-hydrogen) atoms. The third-order valence-corrected chi connectivity index (χ3v) is 4.16. The second-order valence-electron chi connectivity index (χ2n) is 5.77. The first-order chi connectivity index (χ1) is 10.7. The summed E-state index contributed by atoms with van der Waals surface area (Å²) in [6.07, 6.45) is 3.20. The van der Waals surface area contributed by atoms with Gasteiger partial charge in [0.1, 0.15) is 5.75 Å². The summed E-state index contributed by atoms with van der Waals surface area (Å²) in [4.78, 5) is 12.2. The van der Waals surface area contributed by atoms with Crippen molar-refractivity contribution in [1.29, 1.82) is 0 Å². The lowest BCUT2D eigenvalue weighted by molar-refractivity contribution is -0.124. The first kappa shape index (κ1) is 14.6. The Bertz CT molecular complexity index is 666. The molecule has 2 aromatic carbocycles. The van der Waals surface area contributed by atoms with Crippen molar-refractivity contribution in [3.05, 3.63) is 65.2 Å². The summed E-state index contributed by atoms with van der Waals surface area (Å²) in [7, 11) is 0. The van der Waals surface area contributed by atoms with Gasteiger partial charge in [0.15, 0.2) is 6.61 Å². The molecule has 3 nitrogen and oxygen atoms in total. The van der Waals surface area contributed by atoms with Crippen LogP contribution < -0.4 is 10.1 Å². The maximum Gasteiger partial charge on any atom is 0.258 e. The third kappa shape index (κ3) is 3.30. The zero-order chi connectivity index (χ0) is 15.4. The summed E-state index contributed by atoms with van der Waals surface area (Å²) in [5, 5.41) is 3.10. The van der Waals surface area contributed by atoms with E-state index in [9.17, 15) is 4.79 Å². The molecule has 0 heterocycles. The molecule has 0 aromatic heterocycles. The van der Waals surface area contributed by atoms with Crippen LogP contribution in [0.1, 0.15) is 35.6 Å². The number of benzene rings is 2. The number of rotatable bonds is 4. The third-order valence-electron chi connectivity index (χ3n) is 4.16. The van der Waals surface area contributed by atoms with Crippen LogP contribution in [0.15, 0.2) is 48.5 Å². The number of para-hydroxylation sites is 1. The smallest absolute Gasteiger partial charge is 0.258 e. The Balaban J connectivity index is 1.60. The van der Waals surface area contributed by atoms with Crippen molar-refractivity contribution in [3.8, 4) is 5.75 Å².